The third-order valence-electron chi connectivity index (χ3n) is 3.42. The van der Waals surface area contributed by atoms with Gasteiger partial charge in [0.05, 0.1) is 5.75 Å². The fourth-order valence-corrected chi connectivity index (χ4v) is 2.98. The quantitative estimate of drug-likeness (QED) is 0.575. The third kappa shape index (κ3) is 6.25. The lowest BCUT2D eigenvalue weighted by molar-refractivity contribution is -0.145. The normalized spacial score (nSPS) is 10.3. The lowest BCUT2D eigenvalue weighted by Gasteiger charge is -2.07. The number of carbonyl (C=O) groups is 2. The monoisotopic (exact) mass is 377 g/mol. The van der Waals surface area contributed by atoms with Gasteiger partial charge in [0, 0.05) is 23.6 Å². The van der Waals surface area contributed by atoms with Crippen LogP contribution in [0.25, 0.3) is 0 Å². The minimum absolute atomic E-state index is 0.00995. The average Bonchev–Trinajstić information content (AvgIpc) is 2.61. The van der Waals surface area contributed by atoms with Gasteiger partial charge >= 0.3 is 11.7 Å². The van der Waals surface area contributed by atoms with Gasteiger partial charge in [-0.25, -0.2) is 4.79 Å². The molecule has 1 amide bonds. The van der Waals surface area contributed by atoms with Gasteiger partial charge < -0.3 is 15.0 Å². The Hall–Kier alpha value is -2.81. The number of H-pyrrole nitrogens is 2. The molecular formula is C17H19N3O5S. The Labute approximate surface area is 153 Å². The van der Waals surface area contributed by atoms with Crippen molar-refractivity contribution in [1.29, 1.82) is 0 Å². The number of esters is 1. The first-order valence-corrected chi connectivity index (χ1v) is 8.97. The lowest BCUT2D eigenvalue weighted by Crippen LogP contribution is -2.29. The van der Waals surface area contributed by atoms with E-state index < -0.39 is 17.2 Å². The largest absolute Gasteiger partial charge is 0.455 e. The summed E-state index contributed by atoms with van der Waals surface area (Å²) in [6, 6.07) is 9.38. The second kappa shape index (κ2) is 9.62. The number of hydrogen-bond donors (Lipinski definition) is 3. The first kappa shape index (κ1) is 19.5. The van der Waals surface area contributed by atoms with E-state index in [4.69, 9.17) is 4.74 Å². The highest BCUT2D eigenvalue weighted by Gasteiger charge is 2.10. The molecule has 0 saturated carbocycles. The second-order valence-corrected chi connectivity index (χ2v) is 6.41. The summed E-state index contributed by atoms with van der Waals surface area (Å²) in [5.74, 6) is -0.708. The van der Waals surface area contributed by atoms with Gasteiger partial charge in [0.1, 0.15) is 0 Å². The van der Waals surface area contributed by atoms with E-state index in [-0.39, 0.29) is 24.0 Å². The highest BCUT2D eigenvalue weighted by molar-refractivity contribution is 7.99. The van der Waals surface area contributed by atoms with Crippen molar-refractivity contribution in [1.82, 2.24) is 15.3 Å². The summed E-state index contributed by atoms with van der Waals surface area (Å²) in [7, 11) is 0. The van der Waals surface area contributed by atoms with Crippen LogP contribution in [0.5, 0.6) is 0 Å². The zero-order chi connectivity index (χ0) is 18.9. The number of aromatic amines is 2. The first-order chi connectivity index (χ1) is 12.5. The molecule has 8 nitrogen and oxygen atoms in total. The van der Waals surface area contributed by atoms with Gasteiger partial charge in [0.25, 0.3) is 11.5 Å². The summed E-state index contributed by atoms with van der Waals surface area (Å²) in [6.45, 7) is 1.62. The van der Waals surface area contributed by atoms with Gasteiger partial charge in [-0.3, -0.25) is 19.4 Å². The molecule has 138 valence electrons. The Morgan fingerprint density at radius 1 is 1.15 bits per heavy atom. The highest BCUT2D eigenvalue weighted by Crippen LogP contribution is 2.10. The maximum Gasteiger partial charge on any atom is 0.325 e. The number of aromatic nitrogens is 2. The first-order valence-electron chi connectivity index (χ1n) is 7.82. The van der Waals surface area contributed by atoms with E-state index in [1.807, 2.05) is 30.3 Å². The third-order valence-corrected chi connectivity index (χ3v) is 4.35. The maximum atomic E-state index is 11.7. The van der Waals surface area contributed by atoms with Crippen LogP contribution >= 0.6 is 11.8 Å². The van der Waals surface area contributed by atoms with Crippen LogP contribution in [0.1, 0.15) is 16.8 Å². The number of hydrogen-bond acceptors (Lipinski definition) is 6. The van der Waals surface area contributed by atoms with Gasteiger partial charge in [-0.1, -0.05) is 30.3 Å². The summed E-state index contributed by atoms with van der Waals surface area (Å²) in [4.78, 5) is 50.8. The van der Waals surface area contributed by atoms with Crippen molar-refractivity contribution in [3.05, 3.63) is 68.0 Å². The molecule has 0 saturated heterocycles. The van der Waals surface area contributed by atoms with Crippen LogP contribution in [0.15, 0.2) is 39.9 Å². The molecule has 2 rings (SSSR count). The SMILES string of the molecule is Cc1[nH]c(=O)[nH]c(=O)c1CSCC(=O)OCC(=O)NCc1ccccc1. The van der Waals surface area contributed by atoms with Crippen LogP contribution in [0, 0.1) is 6.92 Å². The van der Waals surface area contributed by atoms with E-state index in [0.29, 0.717) is 17.8 Å². The highest BCUT2D eigenvalue weighted by atomic mass is 32.2. The van der Waals surface area contributed by atoms with Gasteiger partial charge in [-0.05, 0) is 12.5 Å². The minimum atomic E-state index is -0.567. The molecule has 0 radical (unpaired) electrons. The number of thioether (sulfide) groups is 1. The Kier molecular flexibility index (Phi) is 7.22. The average molecular weight is 377 g/mol. The molecule has 0 spiro atoms. The van der Waals surface area contributed by atoms with Gasteiger partial charge in [0.2, 0.25) is 0 Å². The van der Waals surface area contributed by atoms with E-state index in [1.54, 1.807) is 6.92 Å². The van der Waals surface area contributed by atoms with Crippen molar-refractivity contribution in [2.24, 2.45) is 0 Å². The molecule has 0 unspecified atom stereocenters. The molecule has 0 aliphatic carbocycles. The molecule has 26 heavy (non-hydrogen) atoms. The smallest absolute Gasteiger partial charge is 0.325 e. The molecule has 0 fully saturated rings. The second-order valence-electron chi connectivity index (χ2n) is 5.43. The summed E-state index contributed by atoms with van der Waals surface area (Å²) in [5, 5.41) is 2.65. The van der Waals surface area contributed by atoms with Crippen molar-refractivity contribution >= 4 is 23.6 Å². The van der Waals surface area contributed by atoms with Crippen molar-refractivity contribution in [3.8, 4) is 0 Å². The summed E-state index contributed by atoms with van der Waals surface area (Å²) in [5.41, 5.74) is 0.752. The Morgan fingerprint density at radius 3 is 2.58 bits per heavy atom. The van der Waals surface area contributed by atoms with E-state index in [0.717, 1.165) is 17.3 Å². The van der Waals surface area contributed by atoms with E-state index in [9.17, 15) is 19.2 Å². The molecule has 0 aliphatic heterocycles. The molecule has 9 heteroatoms. The van der Waals surface area contributed by atoms with Crippen LogP contribution in [-0.4, -0.2) is 34.2 Å². The van der Waals surface area contributed by atoms with Gasteiger partial charge in [-0.15, -0.1) is 11.8 Å². The van der Waals surface area contributed by atoms with Crippen LogP contribution in [0.2, 0.25) is 0 Å². The number of amides is 1. The van der Waals surface area contributed by atoms with Gasteiger partial charge in [0.15, 0.2) is 6.61 Å². The Balaban J connectivity index is 1.68. The standard InChI is InChI=1S/C17H19N3O5S/c1-11-13(16(23)20-17(24)19-11)9-26-10-15(22)25-8-14(21)18-7-12-5-3-2-4-6-12/h2-6H,7-10H2,1H3,(H,18,21)(H2,19,20,23,24). The van der Waals surface area contributed by atoms with Crippen molar-refractivity contribution in [2.75, 3.05) is 12.4 Å². The van der Waals surface area contributed by atoms with Crippen molar-refractivity contribution in [2.45, 2.75) is 19.2 Å². The Morgan fingerprint density at radius 2 is 1.88 bits per heavy atom. The molecule has 1 aromatic heterocycles. The van der Waals surface area contributed by atoms with Crippen LogP contribution in [0.3, 0.4) is 0 Å². The fourth-order valence-electron chi connectivity index (χ4n) is 2.07. The molecular weight excluding hydrogens is 358 g/mol. The van der Waals surface area contributed by atoms with E-state index >= 15 is 0 Å². The number of rotatable bonds is 8. The predicted octanol–water partition coefficient (Wildman–Crippen LogP) is 0.464. The molecule has 2 aromatic rings. The number of benzene rings is 1. The van der Waals surface area contributed by atoms with Crippen LogP contribution in [-0.2, 0) is 26.6 Å². The number of nitrogens with one attached hydrogen (secondary N) is 3. The molecule has 0 atom stereocenters. The maximum absolute atomic E-state index is 11.7. The van der Waals surface area contributed by atoms with E-state index in [1.165, 1.54) is 0 Å². The minimum Gasteiger partial charge on any atom is -0.455 e. The Bertz CT molecular complexity index is 876. The topological polar surface area (TPSA) is 121 Å². The van der Waals surface area contributed by atoms with Crippen molar-refractivity contribution < 1.29 is 14.3 Å². The summed E-state index contributed by atoms with van der Waals surface area (Å²) in [6.07, 6.45) is 0. The van der Waals surface area contributed by atoms with E-state index in [2.05, 4.69) is 15.3 Å². The molecule has 0 bridgehead atoms. The van der Waals surface area contributed by atoms with Crippen LogP contribution < -0.4 is 16.6 Å². The number of ether oxygens (including phenoxy) is 1. The molecule has 3 N–H and O–H groups in total. The zero-order valence-corrected chi connectivity index (χ0v) is 15.0. The van der Waals surface area contributed by atoms with Crippen molar-refractivity contribution in [3.63, 3.8) is 0 Å². The van der Waals surface area contributed by atoms with Gasteiger partial charge in [-0.2, -0.15) is 0 Å². The molecule has 1 heterocycles. The summed E-state index contributed by atoms with van der Waals surface area (Å²) >= 11 is 1.16. The molecule has 0 aliphatic rings. The lowest BCUT2D eigenvalue weighted by atomic mass is 10.2. The number of aryl methyl sites for hydroxylation is 1. The van der Waals surface area contributed by atoms with Crippen LogP contribution in [0.4, 0.5) is 0 Å². The summed E-state index contributed by atoms with van der Waals surface area (Å²) < 4.78 is 4.89. The number of carbonyl (C=O) groups excluding carboxylic acids is 2. The fraction of sp³-hybridized carbons (Fsp3) is 0.294. The molecule has 1 aromatic carbocycles. The zero-order valence-electron chi connectivity index (χ0n) is 14.2. The predicted molar refractivity (Wildman–Crippen MR) is 97.8 cm³/mol.